The molecule has 0 aliphatic carbocycles. The van der Waals surface area contributed by atoms with Crippen LogP contribution in [-0.4, -0.2) is 38.1 Å². The third-order valence-electron chi connectivity index (χ3n) is 1.78. The molecule has 15 heavy (non-hydrogen) atoms. The maximum Gasteiger partial charge on any atom is 0.306 e. The molecule has 0 heterocycles. The van der Waals surface area contributed by atoms with Crippen molar-refractivity contribution in [2.24, 2.45) is 0 Å². The molecule has 4 nitrogen and oxygen atoms in total. The van der Waals surface area contributed by atoms with E-state index in [2.05, 4.69) is 0 Å². The minimum absolute atomic E-state index is 0.209. The van der Waals surface area contributed by atoms with Crippen molar-refractivity contribution in [3.63, 3.8) is 0 Å². The van der Waals surface area contributed by atoms with Crippen LogP contribution in [0.25, 0.3) is 0 Å². The Hall–Kier alpha value is -1.34. The van der Waals surface area contributed by atoms with Gasteiger partial charge in [-0.05, 0) is 27.4 Å². The van der Waals surface area contributed by atoms with E-state index in [1.807, 2.05) is 25.1 Å². The molecule has 0 spiro atoms. The summed E-state index contributed by atoms with van der Waals surface area (Å²) in [6.45, 7) is 2.88. The number of carbonyl (C=O) groups excluding carboxylic acids is 1. The van der Waals surface area contributed by atoms with Crippen LogP contribution in [0.1, 0.15) is 19.8 Å². The first kappa shape index (κ1) is 13.7. The van der Waals surface area contributed by atoms with Gasteiger partial charge in [-0.3, -0.25) is 4.79 Å². The Morgan fingerprint density at radius 1 is 1.53 bits per heavy atom. The zero-order valence-electron chi connectivity index (χ0n) is 9.62. The Morgan fingerprint density at radius 2 is 2.20 bits per heavy atom. The summed E-state index contributed by atoms with van der Waals surface area (Å²) in [6, 6.07) is 2.00. The fraction of sp³-hybridized carbons (Fsp3) is 0.636. The second-order valence-electron chi connectivity index (χ2n) is 3.56. The van der Waals surface area contributed by atoms with E-state index in [0.29, 0.717) is 25.0 Å². The highest BCUT2D eigenvalue weighted by Crippen LogP contribution is 1.98. The molecule has 0 saturated heterocycles. The Morgan fingerprint density at radius 3 is 2.73 bits per heavy atom. The van der Waals surface area contributed by atoms with Gasteiger partial charge in [0.05, 0.1) is 6.07 Å². The van der Waals surface area contributed by atoms with Crippen molar-refractivity contribution in [3.8, 4) is 6.07 Å². The predicted molar refractivity (Wildman–Crippen MR) is 58.1 cm³/mol. The molecular formula is C11H18N2O2. The summed E-state index contributed by atoms with van der Waals surface area (Å²) < 4.78 is 4.98. The fourth-order valence-electron chi connectivity index (χ4n) is 0.866. The van der Waals surface area contributed by atoms with Crippen LogP contribution in [0.4, 0.5) is 0 Å². The average Bonchev–Trinajstić information content (AvgIpc) is 2.17. The topological polar surface area (TPSA) is 53.3 Å². The molecule has 0 fully saturated rings. The normalized spacial score (nSPS) is 11.3. The number of nitrogens with zero attached hydrogens (tertiary/aromatic N) is 2. The van der Waals surface area contributed by atoms with Gasteiger partial charge in [-0.1, -0.05) is 6.08 Å². The lowest BCUT2D eigenvalue weighted by atomic mass is 10.2. The van der Waals surface area contributed by atoms with E-state index in [1.54, 1.807) is 13.0 Å². The van der Waals surface area contributed by atoms with Gasteiger partial charge < -0.3 is 9.64 Å². The number of hydrogen-bond acceptors (Lipinski definition) is 4. The molecule has 0 amide bonds. The molecule has 0 atom stereocenters. The standard InChI is InChI=1S/C11H18N2O2/c1-10(9-12)5-4-6-11(14)15-8-7-13(2)3/h5H,4,6-8H2,1-3H3/b10-5+. The Bertz CT molecular complexity index is 264. The Labute approximate surface area is 91.1 Å². The van der Waals surface area contributed by atoms with Crippen molar-refractivity contribution in [1.82, 2.24) is 4.90 Å². The fourth-order valence-corrected chi connectivity index (χ4v) is 0.866. The van der Waals surface area contributed by atoms with Crippen LogP contribution in [0.15, 0.2) is 11.6 Å². The lowest BCUT2D eigenvalue weighted by Crippen LogP contribution is -2.19. The number of rotatable bonds is 6. The van der Waals surface area contributed by atoms with E-state index in [1.165, 1.54) is 0 Å². The van der Waals surface area contributed by atoms with E-state index >= 15 is 0 Å². The van der Waals surface area contributed by atoms with Crippen molar-refractivity contribution >= 4 is 5.97 Å². The minimum atomic E-state index is -0.209. The van der Waals surface area contributed by atoms with Crippen LogP contribution >= 0.6 is 0 Å². The number of likely N-dealkylation sites (N-methyl/N-ethyl adjacent to an activating group) is 1. The number of esters is 1. The highest BCUT2D eigenvalue weighted by Gasteiger charge is 2.01. The van der Waals surface area contributed by atoms with Gasteiger partial charge >= 0.3 is 5.97 Å². The zero-order chi connectivity index (χ0) is 11.7. The van der Waals surface area contributed by atoms with Gasteiger partial charge in [-0.25, -0.2) is 0 Å². The molecule has 0 rings (SSSR count). The average molecular weight is 210 g/mol. The quantitative estimate of drug-likeness (QED) is 0.490. The number of allylic oxidation sites excluding steroid dienone is 2. The smallest absolute Gasteiger partial charge is 0.306 e. The van der Waals surface area contributed by atoms with Crippen LogP contribution < -0.4 is 0 Å². The van der Waals surface area contributed by atoms with Crippen molar-refractivity contribution in [3.05, 3.63) is 11.6 Å². The highest BCUT2D eigenvalue weighted by molar-refractivity contribution is 5.69. The van der Waals surface area contributed by atoms with E-state index in [0.717, 1.165) is 6.54 Å². The number of carbonyl (C=O) groups is 1. The maximum absolute atomic E-state index is 11.1. The van der Waals surface area contributed by atoms with Crippen molar-refractivity contribution in [2.45, 2.75) is 19.8 Å². The highest BCUT2D eigenvalue weighted by atomic mass is 16.5. The first-order chi connectivity index (χ1) is 7.06. The van der Waals surface area contributed by atoms with Crippen LogP contribution in [-0.2, 0) is 9.53 Å². The molecule has 0 aliphatic rings. The largest absolute Gasteiger partial charge is 0.464 e. The van der Waals surface area contributed by atoms with Gasteiger partial charge in [0, 0.05) is 18.5 Å². The van der Waals surface area contributed by atoms with E-state index in [-0.39, 0.29) is 5.97 Å². The summed E-state index contributed by atoms with van der Waals surface area (Å²) in [7, 11) is 3.85. The van der Waals surface area contributed by atoms with Gasteiger partial charge in [0.1, 0.15) is 6.61 Å². The summed E-state index contributed by atoms with van der Waals surface area (Å²) in [5, 5.41) is 8.46. The van der Waals surface area contributed by atoms with Gasteiger partial charge in [0.15, 0.2) is 0 Å². The van der Waals surface area contributed by atoms with Crippen LogP contribution in [0, 0.1) is 11.3 Å². The molecule has 0 aromatic heterocycles. The van der Waals surface area contributed by atoms with Crippen LogP contribution in [0.5, 0.6) is 0 Å². The summed E-state index contributed by atoms with van der Waals surface area (Å²) in [5.41, 5.74) is 0.635. The molecule has 0 aromatic rings. The molecule has 0 unspecified atom stereocenters. The van der Waals surface area contributed by atoms with Crippen molar-refractivity contribution < 1.29 is 9.53 Å². The molecule has 0 radical (unpaired) electrons. The van der Waals surface area contributed by atoms with Crippen LogP contribution in [0.3, 0.4) is 0 Å². The van der Waals surface area contributed by atoms with E-state index < -0.39 is 0 Å². The van der Waals surface area contributed by atoms with Crippen molar-refractivity contribution in [2.75, 3.05) is 27.2 Å². The monoisotopic (exact) mass is 210 g/mol. The summed E-state index contributed by atoms with van der Waals surface area (Å²) >= 11 is 0. The molecule has 0 aliphatic heterocycles. The Kier molecular flexibility index (Phi) is 7.29. The predicted octanol–water partition coefficient (Wildman–Crippen LogP) is 1.34. The number of nitriles is 1. The Balaban J connectivity index is 3.55. The van der Waals surface area contributed by atoms with Crippen LogP contribution in [0.2, 0.25) is 0 Å². The number of ether oxygens (including phenoxy) is 1. The summed E-state index contributed by atoms with van der Waals surface area (Å²) in [5.74, 6) is -0.209. The second kappa shape index (κ2) is 8.01. The molecule has 0 saturated carbocycles. The third kappa shape index (κ3) is 8.98. The van der Waals surface area contributed by atoms with Gasteiger partial charge in [0.2, 0.25) is 0 Å². The molecular weight excluding hydrogens is 192 g/mol. The minimum Gasteiger partial charge on any atom is -0.464 e. The SMILES string of the molecule is C/C(C#N)=C\CCC(=O)OCCN(C)C. The molecule has 4 heteroatoms. The lowest BCUT2D eigenvalue weighted by molar-refractivity contribution is -0.143. The van der Waals surface area contributed by atoms with Gasteiger partial charge in [0.25, 0.3) is 0 Å². The molecule has 84 valence electrons. The van der Waals surface area contributed by atoms with Crippen molar-refractivity contribution in [1.29, 1.82) is 5.26 Å². The molecule has 0 N–H and O–H groups in total. The summed E-state index contributed by atoms with van der Waals surface area (Å²) in [6.07, 6.45) is 2.65. The van der Waals surface area contributed by atoms with Gasteiger partial charge in [-0.2, -0.15) is 5.26 Å². The second-order valence-corrected chi connectivity index (χ2v) is 3.56. The molecule has 0 aromatic carbocycles. The third-order valence-corrected chi connectivity index (χ3v) is 1.78. The number of hydrogen-bond donors (Lipinski definition) is 0. The van der Waals surface area contributed by atoms with Gasteiger partial charge in [-0.15, -0.1) is 0 Å². The maximum atomic E-state index is 11.1. The van der Waals surface area contributed by atoms with E-state index in [4.69, 9.17) is 10.00 Å². The summed E-state index contributed by atoms with van der Waals surface area (Å²) in [4.78, 5) is 13.1. The first-order valence-corrected chi connectivity index (χ1v) is 4.93. The molecule has 0 bridgehead atoms. The first-order valence-electron chi connectivity index (χ1n) is 4.93. The zero-order valence-corrected chi connectivity index (χ0v) is 9.62. The lowest BCUT2D eigenvalue weighted by Gasteiger charge is -2.09. The van der Waals surface area contributed by atoms with E-state index in [9.17, 15) is 4.79 Å².